The Hall–Kier alpha value is -2.52. The Morgan fingerprint density at radius 3 is 2.59 bits per heavy atom. The number of rotatable bonds is 5. The summed E-state index contributed by atoms with van der Waals surface area (Å²) in [7, 11) is -2.44. The van der Waals surface area contributed by atoms with Crippen LogP contribution >= 0.6 is 0 Å². The number of hydrogen-bond donors (Lipinski definition) is 2. The monoisotopic (exact) mass is 395 g/mol. The van der Waals surface area contributed by atoms with E-state index >= 15 is 0 Å². The molecular formula is C18H19F2N3O3S. The fourth-order valence-corrected chi connectivity index (χ4v) is 4.14. The number of anilines is 1. The maximum Gasteiger partial charge on any atom is 0.266 e. The molecular weight excluding hydrogens is 376 g/mol. The van der Waals surface area contributed by atoms with Gasteiger partial charge in [-0.05, 0) is 23.8 Å². The molecule has 1 atom stereocenters. The second-order valence-electron chi connectivity index (χ2n) is 6.03. The third-order valence-electron chi connectivity index (χ3n) is 4.29. The van der Waals surface area contributed by atoms with Crippen LogP contribution in [0.15, 0.2) is 46.3 Å². The van der Waals surface area contributed by atoms with Crippen LogP contribution in [0.4, 0.5) is 14.5 Å². The maximum absolute atomic E-state index is 14.7. The summed E-state index contributed by atoms with van der Waals surface area (Å²) in [6, 6.07) is 8.24. The van der Waals surface area contributed by atoms with Crippen molar-refractivity contribution in [2.75, 3.05) is 25.6 Å². The van der Waals surface area contributed by atoms with Crippen LogP contribution in [0.3, 0.4) is 0 Å². The average Bonchev–Trinajstić information content (AvgIpc) is 2.61. The highest BCUT2D eigenvalue weighted by Gasteiger charge is 2.32. The Labute approximate surface area is 156 Å². The number of hydrogen-bond acceptors (Lipinski definition) is 4. The van der Waals surface area contributed by atoms with Crippen LogP contribution in [0.25, 0.3) is 0 Å². The third-order valence-corrected chi connectivity index (χ3v) is 5.67. The summed E-state index contributed by atoms with van der Waals surface area (Å²) in [6.45, 7) is 2.13. The van der Waals surface area contributed by atoms with Gasteiger partial charge in [0.2, 0.25) is 5.96 Å². The van der Waals surface area contributed by atoms with Crippen molar-refractivity contribution in [3.8, 4) is 0 Å². The molecule has 27 heavy (non-hydrogen) atoms. The number of benzene rings is 2. The van der Waals surface area contributed by atoms with Crippen molar-refractivity contribution in [3.05, 3.63) is 59.2 Å². The quantitative estimate of drug-likeness (QED) is 0.763. The number of methoxy groups -OCH3 is 1. The van der Waals surface area contributed by atoms with E-state index in [2.05, 4.69) is 15.0 Å². The molecule has 1 aliphatic rings. The molecule has 1 aliphatic heterocycles. The van der Waals surface area contributed by atoms with E-state index in [9.17, 15) is 17.2 Å². The Morgan fingerprint density at radius 1 is 1.15 bits per heavy atom. The molecule has 9 heteroatoms. The predicted octanol–water partition coefficient (Wildman–Crippen LogP) is 2.82. The average molecular weight is 395 g/mol. The third kappa shape index (κ3) is 3.79. The molecule has 0 radical (unpaired) electrons. The fraction of sp³-hybridized carbons (Fsp3) is 0.278. The number of ether oxygens (including phenoxy) is 1. The fourth-order valence-electron chi connectivity index (χ4n) is 2.98. The molecule has 2 aromatic rings. The van der Waals surface area contributed by atoms with Gasteiger partial charge in [0, 0.05) is 18.6 Å². The molecule has 0 unspecified atom stereocenters. The molecule has 0 amide bonds. The molecule has 0 saturated carbocycles. The molecule has 1 heterocycles. The van der Waals surface area contributed by atoms with Gasteiger partial charge in [-0.15, -0.1) is 0 Å². The van der Waals surface area contributed by atoms with Crippen LogP contribution < -0.4 is 10.0 Å². The van der Waals surface area contributed by atoms with E-state index in [-0.39, 0.29) is 34.2 Å². The summed E-state index contributed by atoms with van der Waals surface area (Å²) in [5.41, 5.74) is 0.378. The van der Waals surface area contributed by atoms with Crippen molar-refractivity contribution in [2.24, 2.45) is 4.99 Å². The molecule has 0 spiro atoms. The van der Waals surface area contributed by atoms with E-state index in [0.29, 0.717) is 6.61 Å². The summed E-state index contributed by atoms with van der Waals surface area (Å²) in [6.07, 6.45) is 0. The Bertz CT molecular complexity index is 993. The summed E-state index contributed by atoms with van der Waals surface area (Å²) in [5.74, 6) is -1.88. The highest BCUT2D eigenvalue weighted by Crippen LogP contribution is 2.38. The van der Waals surface area contributed by atoms with Gasteiger partial charge in [-0.2, -0.15) is 0 Å². The lowest BCUT2D eigenvalue weighted by Gasteiger charge is -2.26. The van der Waals surface area contributed by atoms with Gasteiger partial charge in [-0.3, -0.25) is 0 Å². The number of fused-ring (bicyclic) bond motifs is 1. The van der Waals surface area contributed by atoms with Crippen molar-refractivity contribution in [2.45, 2.75) is 17.7 Å². The lowest BCUT2D eigenvalue weighted by Crippen LogP contribution is -2.41. The van der Waals surface area contributed by atoms with Crippen LogP contribution in [0.5, 0.6) is 0 Å². The van der Waals surface area contributed by atoms with Crippen molar-refractivity contribution in [1.29, 1.82) is 0 Å². The van der Waals surface area contributed by atoms with Crippen LogP contribution in [-0.4, -0.2) is 34.6 Å². The lowest BCUT2D eigenvalue weighted by molar-refractivity contribution is 0.208. The van der Waals surface area contributed by atoms with Gasteiger partial charge in [0.25, 0.3) is 10.0 Å². The molecule has 0 fully saturated rings. The van der Waals surface area contributed by atoms with Gasteiger partial charge in [-0.25, -0.2) is 26.9 Å². The highest BCUT2D eigenvalue weighted by atomic mass is 32.2. The molecule has 0 aliphatic carbocycles. The van der Waals surface area contributed by atoms with Gasteiger partial charge >= 0.3 is 0 Å². The number of aliphatic imine (C=N–C) groups is 1. The van der Waals surface area contributed by atoms with Crippen LogP contribution in [0, 0.1) is 11.6 Å². The zero-order valence-corrected chi connectivity index (χ0v) is 15.6. The first-order chi connectivity index (χ1) is 12.8. The van der Waals surface area contributed by atoms with Crippen molar-refractivity contribution < 1.29 is 21.9 Å². The van der Waals surface area contributed by atoms with E-state index in [1.54, 1.807) is 19.1 Å². The van der Waals surface area contributed by atoms with Crippen LogP contribution in [-0.2, 0) is 14.8 Å². The van der Waals surface area contributed by atoms with E-state index in [4.69, 9.17) is 4.74 Å². The first kappa shape index (κ1) is 19.2. The van der Waals surface area contributed by atoms with Crippen molar-refractivity contribution >= 4 is 21.7 Å². The first-order valence-corrected chi connectivity index (χ1v) is 9.73. The molecule has 0 bridgehead atoms. The zero-order valence-electron chi connectivity index (χ0n) is 14.8. The normalized spacial score (nSPS) is 17.7. The van der Waals surface area contributed by atoms with Crippen LogP contribution in [0.2, 0.25) is 0 Å². The van der Waals surface area contributed by atoms with Gasteiger partial charge in [0.15, 0.2) is 0 Å². The number of sulfonamides is 1. The molecule has 6 nitrogen and oxygen atoms in total. The Morgan fingerprint density at radius 2 is 1.89 bits per heavy atom. The summed E-state index contributed by atoms with van der Waals surface area (Å²) >= 11 is 0. The molecule has 0 saturated heterocycles. The molecule has 144 valence electrons. The minimum absolute atomic E-state index is 0.0351. The van der Waals surface area contributed by atoms with E-state index in [0.717, 1.165) is 6.07 Å². The number of halogens is 2. The smallest absolute Gasteiger partial charge is 0.266 e. The number of nitrogens with one attached hydrogen (secondary N) is 2. The van der Waals surface area contributed by atoms with Crippen molar-refractivity contribution in [3.63, 3.8) is 0 Å². The molecule has 2 N–H and O–H groups in total. The summed E-state index contributed by atoms with van der Waals surface area (Å²) < 4.78 is 61.2. The van der Waals surface area contributed by atoms with E-state index in [1.165, 1.54) is 25.3 Å². The maximum atomic E-state index is 14.7. The highest BCUT2D eigenvalue weighted by molar-refractivity contribution is 7.90. The minimum atomic E-state index is -3.94. The predicted molar refractivity (Wildman–Crippen MR) is 98.4 cm³/mol. The summed E-state index contributed by atoms with van der Waals surface area (Å²) in [5, 5.41) is 2.83. The van der Waals surface area contributed by atoms with Crippen molar-refractivity contribution in [1.82, 2.24) is 4.72 Å². The Balaban J connectivity index is 2.13. The Kier molecular flexibility index (Phi) is 5.43. The van der Waals surface area contributed by atoms with Gasteiger partial charge in [0.05, 0.1) is 18.8 Å². The molecule has 2 aromatic carbocycles. The standard InChI is InChI=1S/C18H19F2N3O3S/c1-11(12-5-3-4-6-13(12)19)16-14(20)7-8-15-17(16)22-18(21-9-10-26-2)23-27(15,24)25/h3-8,11H,9-10H2,1-2H3,(H2,21,22,23)/t11-/m1/s1. The largest absolute Gasteiger partial charge is 0.383 e. The summed E-state index contributed by atoms with van der Waals surface area (Å²) in [4.78, 5) is 3.96. The second kappa shape index (κ2) is 7.61. The number of guanidine groups is 1. The van der Waals surface area contributed by atoms with E-state index in [1.807, 2.05) is 0 Å². The van der Waals surface area contributed by atoms with E-state index < -0.39 is 27.6 Å². The van der Waals surface area contributed by atoms with Gasteiger partial charge in [0.1, 0.15) is 16.5 Å². The van der Waals surface area contributed by atoms with Gasteiger partial charge < -0.3 is 10.1 Å². The topological polar surface area (TPSA) is 79.8 Å². The van der Waals surface area contributed by atoms with Gasteiger partial charge in [-0.1, -0.05) is 25.1 Å². The lowest BCUT2D eigenvalue weighted by atomic mass is 9.91. The number of nitrogens with zero attached hydrogens (tertiary/aromatic N) is 1. The van der Waals surface area contributed by atoms with Crippen LogP contribution in [0.1, 0.15) is 24.0 Å². The SMILES string of the molecule is COCCN=C1Nc2c(ccc(F)c2[C@H](C)c2ccccc2F)S(=O)(=O)N1. The molecule has 0 aromatic heterocycles. The second-order valence-corrected chi connectivity index (χ2v) is 7.68. The minimum Gasteiger partial charge on any atom is -0.383 e. The first-order valence-electron chi connectivity index (χ1n) is 8.25. The zero-order chi connectivity index (χ0) is 19.6. The molecule has 3 rings (SSSR count).